The molecule has 0 saturated carbocycles. The average Bonchev–Trinajstić information content (AvgIpc) is 2.72. The number of sulfonamides is 1. The molecule has 1 heterocycles. The van der Waals surface area contributed by atoms with Gasteiger partial charge >= 0.3 is 5.97 Å². The lowest BCUT2D eigenvalue weighted by Gasteiger charge is -2.23. The van der Waals surface area contributed by atoms with Crippen molar-refractivity contribution >= 4 is 16.0 Å². The van der Waals surface area contributed by atoms with Gasteiger partial charge in [-0.1, -0.05) is 0 Å². The van der Waals surface area contributed by atoms with Crippen LogP contribution in [-0.4, -0.2) is 48.4 Å². The van der Waals surface area contributed by atoms with Crippen molar-refractivity contribution in [3.8, 4) is 0 Å². The Balaban J connectivity index is 3.09. The van der Waals surface area contributed by atoms with Gasteiger partial charge in [0.15, 0.2) is 5.03 Å². The molecule has 102 valence electrons. The fourth-order valence-corrected chi connectivity index (χ4v) is 2.94. The zero-order valence-corrected chi connectivity index (χ0v) is 11.6. The maximum Gasteiger partial charge on any atom is 0.321 e. The van der Waals surface area contributed by atoms with Gasteiger partial charge in [0.25, 0.3) is 10.0 Å². The van der Waals surface area contributed by atoms with Crippen molar-refractivity contribution in [1.82, 2.24) is 14.3 Å². The molecule has 1 aromatic heterocycles. The number of aromatic nitrogens is 2. The van der Waals surface area contributed by atoms with Crippen molar-refractivity contribution in [3.63, 3.8) is 0 Å². The molecular weight excluding hydrogens is 258 g/mol. The third kappa shape index (κ3) is 3.08. The fourth-order valence-electron chi connectivity index (χ4n) is 1.39. The van der Waals surface area contributed by atoms with Gasteiger partial charge in [-0.2, -0.15) is 4.31 Å². The molecule has 0 aliphatic carbocycles. The highest BCUT2D eigenvalue weighted by Gasteiger charge is 2.30. The monoisotopic (exact) mass is 275 g/mol. The number of aromatic amines is 1. The summed E-state index contributed by atoms with van der Waals surface area (Å²) < 4.78 is 30.1. The van der Waals surface area contributed by atoms with Crippen molar-refractivity contribution in [3.05, 3.63) is 12.0 Å². The number of hydrogen-bond acceptors (Lipinski definition) is 5. The summed E-state index contributed by atoms with van der Waals surface area (Å²) in [5.74, 6) is -0.112. The van der Waals surface area contributed by atoms with Crippen molar-refractivity contribution in [2.75, 3.05) is 13.7 Å². The molecule has 7 nitrogen and oxygen atoms in total. The zero-order valence-electron chi connectivity index (χ0n) is 10.8. The number of imidazole rings is 1. The normalized spacial score (nSPS) is 12.1. The van der Waals surface area contributed by atoms with Crippen LogP contribution in [0.5, 0.6) is 0 Å². The third-order valence-electron chi connectivity index (χ3n) is 2.35. The first-order chi connectivity index (χ1) is 8.28. The number of nitrogens with zero attached hydrogens (tertiary/aromatic N) is 2. The molecule has 18 heavy (non-hydrogen) atoms. The molecule has 0 spiro atoms. The number of ether oxygens (including phenoxy) is 1. The number of carbonyl (C=O) groups excluding carboxylic acids is 1. The van der Waals surface area contributed by atoms with Crippen LogP contribution in [0.4, 0.5) is 0 Å². The summed E-state index contributed by atoms with van der Waals surface area (Å²) in [6, 6.07) is -0.363. The molecule has 0 radical (unpaired) electrons. The van der Waals surface area contributed by atoms with Crippen LogP contribution >= 0.6 is 0 Å². The number of rotatable bonds is 5. The topological polar surface area (TPSA) is 92.4 Å². The second kappa shape index (κ2) is 5.49. The van der Waals surface area contributed by atoms with Crippen molar-refractivity contribution in [2.24, 2.45) is 0 Å². The first-order valence-corrected chi connectivity index (χ1v) is 6.83. The van der Waals surface area contributed by atoms with Crippen LogP contribution in [0, 0.1) is 6.92 Å². The summed E-state index contributed by atoms with van der Waals surface area (Å²) in [5.41, 5.74) is 0. The lowest BCUT2D eigenvalue weighted by Crippen LogP contribution is -2.41. The second-order valence-corrected chi connectivity index (χ2v) is 5.91. The van der Waals surface area contributed by atoms with Crippen LogP contribution in [-0.2, 0) is 19.6 Å². The Bertz CT molecular complexity index is 521. The van der Waals surface area contributed by atoms with Crippen LogP contribution in [0.25, 0.3) is 0 Å². The summed E-state index contributed by atoms with van der Waals surface area (Å²) in [6.07, 6.45) is 1.23. The number of methoxy groups -OCH3 is 1. The van der Waals surface area contributed by atoms with E-state index in [9.17, 15) is 13.2 Å². The van der Waals surface area contributed by atoms with E-state index in [1.54, 1.807) is 20.8 Å². The Labute approximate surface area is 106 Å². The molecule has 1 N–H and O–H groups in total. The van der Waals surface area contributed by atoms with Gasteiger partial charge in [-0.25, -0.2) is 13.4 Å². The quantitative estimate of drug-likeness (QED) is 0.780. The molecule has 0 aromatic carbocycles. The van der Waals surface area contributed by atoms with E-state index in [-0.39, 0.29) is 17.6 Å². The molecule has 1 rings (SSSR count). The number of esters is 1. The molecule has 0 fully saturated rings. The maximum atomic E-state index is 12.3. The highest BCUT2D eigenvalue weighted by atomic mass is 32.2. The largest absolute Gasteiger partial charge is 0.468 e. The predicted octanol–water partition coefficient (Wildman–Crippen LogP) is 0.290. The van der Waals surface area contributed by atoms with Gasteiger partial charge in [-0.3, -0.25) is 4.79 Å². The Kier molecular flexibility index (Phi) is 4.47. The molecular formula is C10H17N3O4S. The molecule has 0 aliphatic heterocycles. The Hall–Kier alpha value is -1.41. The smallest absolute Gasteiger partial charge is 0.321 e. The van der Waals surface area contributed by atoms with E-state index in [0.29, 0.717) is 5.82 Å². The van der Waals surface area contributed by atoms with Gasteiger partial charge in [0.05, 0.1) is 13.3 Å². The number of H-pyrrole nitrogens is 1. The SMILES string of the molecule is COC(=O)CN(C(C)C)S(=O)(=O)c1cnc(C)[nH]1. The standard InChI is InChI=1S/C10H17N3O4S/c1-7(2)13(6-10(14)17-4)18(15,16)9-5-11-8(3)12-9/h5,7H,6H2,1-4H3,(H,11,12). The highest BCUT2D eigenvalue weighted by molar-refractivity contribution is 7.89. The van der Waals surface area contributed by atoms with E-state index in [0.717, 1.165) is 4.31 Å². The predicted molar refractivity (Wildman–Crippen MR) is 64.4 cm³/mol. The Morgan fingerprint density at radius 2 is 2.17 bits per heavy atom. The molecule has 0 saturated heterocycles. The van der Waals surface area contributed by atoms with E-state index in [1.807, 2.05) is 0 Å². The zero-order chi connectivity index (χ0) is 13.9. The van der Waals surface area contributed by atoms with Crippen LogP contribution in [0.15, 0.2) is 11.2 Å². The van der Waals surface area contributed by atoms with Gasteiger partial charge in [0, 0.05) is 6.04 Å². The summed E-state index contributed by atoms with van der Waals surface area (Å²) in [5, 5.41) is -0.0300. The highest BCUT2D eigenvalue weighted by Crippen LogP contribution is 2.16. The van der Waals surface area contributed by atoms with Gasteiger partial charge < -0.3 is 9.72 Å². The van der Waals surface area contributed by atoms with Crippen molar-refractivity contribution < 1.29 is 17.9 Å². The van der Waals surface area contributed by atoms with Crippen molar-refractivity contribution in [1.29, 1.82) is 0 Å². The third-order valence-corrected chi connectivity index (χ3v) is 4.29. The summed E-state index contributed by atoms with van der Waals surface area (Å²) in [6.45, 7) is 4.70. The van der Waals surface area contributed by atoms with Crippen LogP contribution < -0.4 is 0 Å². The van der Waals surface area contributed by atoms with E-state index >= 15 is 0 Å². The maximum absolute atomic E-state index is 12.3. The Morgan fingerprint density at radius 3 is 2.56 bits per heavy atom. The fraction of sp³-hybridized carbons (Fsp3) is 0.600. The minimum Gasteiger partial charge on any atom is -0.468 e. The minimum atomic E-state index is -3.77. The average molecular weight is 275 g/mol. The lowest BCUT2D eigenvalue weighted by atomic mass is 10.4. The molecule has 0 unspecified atom stereocenters. The van der Waals surface area contributed by atoms with E-state index in [4.69, 9.17) is 0 Å². The summed E-state index contributed by atoms with van der Waals surface area (Å²) >= 11 is 0. The first-order valence-electron chi connectivity index (χ1n) is 5.39. The second-order valence-electron chi connectivity index (χ2n) is 4.05. The number of hydrogen-bond donors (Lipinski definition) is 1. The number of carbonyl (C=O) groups is 1. The molecule has 8 heteroatoms. The van der Waals surface area contributed by atoms with Gasteiger partial charge in [-0.05, 0) is 20.8 Å². The Morgan fingerprint density at radius 1 is 1.56 bits per heavy atom. The van der Waals surface area contributed by atoms with Gasteiger partial charge in [-0.15, -0.1) is 0 Å². The molecule has 0 amide bonds. The number of aryl methyl sites for hydroxylation is 1. The van der Waals surface area contributed by atoms with E-state index < -0.39 is 16.0 Å². The molecule has 0 aliphatic rings. The van der Waals surface area contributed by atoms with Crippen LogP contribution in [0.3, 0.4) is 0 Å². The molecule has 1 aromatic rings. The molecule has 0 bridgehead atoms. The number of nitrogens with one attached hydrogen (secondary N) is 1. The van der Waals surface area contributed by atoms with Crippen molar-refractivity contribution in [2.45, 2.75) is 31.8 Å². The molecule has 0 atom stereocenters. The summed E-state index contributed by atoms with van der Waals surface area (Å²) in [7, 11) is -2.55. The first kappa shape index (κ1) is 14.7. The van der Waals surface area contributed by atoms with Crippen LogP contribution in [0.1, 0.15) is 19.7 Å². The summed E-state index contributed by atoms with van der Waals surface area (Å²) in [4.78, 5) is 17.8. The van der Waals surface area contributed by atoms with Crippen LogP contribution in [0.2, 0.25) is 0 Å². The van der Waals surface area contributed by atoms with E-state index in [2.05, 4.69) is 14.7 Å². The van der Waals surface area contributed by atoms with Gasteiger partial charge in [0.2, 0.25) is 0 Å². The lowest BCUT2D eigenvalue weighted by molar-refractivity contribution is -0.141. The van der Waals surface area contributed by atoms with E-state index in [1.165, 1.54) is 13.3 Å². The minimum absolute atomic E-state index is 0.0300. The van der Waals surface area contributed by atoms with Gasteiger partial charge in [0.1, 0.15) is 12.4 Å².